The summed E-state index contributed by atoms with van der Waals surface area (Å²) in [4.78, 5) is 16.8. The molecule has 0 atom stereocenters. The Hall–Kier alpha value is -2.85. The van der Waals surface area contributed by atoms with E-state index in [2.05, 4.69) is 22.4 Å². The van der Waals surface area contributed by atoms with Crippen molar-refractivity contribution in [2.24, 2.45) is 0 Å². The molecule has 4 nitrogen and oxygen atoms in total. The zero-order valence-corrected chi connectivity index (χ0v) is 17.7. The number of pyridine rings is 1. The Morgan fingerprint density at radius 2 is 1.79 bits per heavy atom. The fourth-order valence-corrected chi connectivity index (χ4v) is 3.67. The zero-order chi connectivity index (χ0) is 20.8. The maximum atomic E-state index is 12.4. The predicted octanol–water partition coefficient (Wildman–Crippen LogP) is 6.18. The number of ether oxygens (including phenoxy) is 1. The molecule has 0 aliphatic heterocycles. The second kappa shape index (κ2) is 9.57. The van der Waals surface area contributed by atoms with Gasteiger partial charge in [0.1, 0.15) is 11.6 Å². The number of amides is 1. The number of benzene rings is 2. The molecule has 3 aromatic rings. The monoisotopic (exact) mass is 408 g/mol. The van der Waals surface area contributed by atoms with Crippen molar-refractivity contribution < 1.29 is 9.53 Å². The largest absolute Gasteiger partial charge is 0.496 e. The molecule has 0 bridgehead atoms. The van der Waals surface area contributed by atoms with Crippen LogP contribution in [-0.2, 0) is 12.8 Å². The molecule has 1 heterocycles. The lowest BCUT2D eigenvalue weighted by atomic mass is 10.0. The summed E-state index contributed by atoms with van der Waals surface area (Å²) in [6.07, 6.45) is 5.15. The molecular formula is C24H25ClN2O2. The van der Waals surface area contributed by atoms with Crippen molar-refractivity contribution in [3.63, 3.8) is 0 Å². The van der Waals surface area contributed by atoms with Gasteiger partial charge in [-0.25, -0.2) is 4.98 Å². The van der Waals surface area contributed by atoms with Gasteiger partial charge in [0, 0.05) is 17.3 Å². The second-order valence-corrected chi connectivity index (χ2v) is 6.95. The number of nitrogens with one attached hydrogen (secondary N) is 1. The van der Waals surface area contributed by atoms with Crippen LogP contribution in [0.3, 0.4) is 0 Å². The molecular weight excluding hydrogens is 384 g/mol. The Kier molecular flexibility index (Phi) is 6.89. The van der Waals surface area contributed by atoms with Crippen LogP contribution >= 0.6 is 11.6 Å². The molecule has 5 heteroatoms. The highest BCUT2D eigenvalue weighted by Crippen LogP contribution is 2.36. The van der Waals surface area contributed by atoms with E-state index in [1.807, 2.05) is 19.9 Å². The van der Waals surface area contributed by atoms with Crippen LogP contribution in [0.4, 0.5) is 5.82 Å². The lowest BCUT2D eigenvalue weighted by Crippen LogP contribution is -2.13. The standard InChI is InChI=1S/C22H19ClN2O2.C2H6/c1-27-20-12-15-6-4-5-14(15)11-18(20)16-9-10-21(24-13-16)25-22(26)17-7-2-3-8-19(17)23;1-2/h2-3,7-13H,4-6H2,1H3,(H,24,25,26);1-2H3. The van der Waals surface area contributed by atoms with E-state index in [9.17, 15) is 4.79 Å². The Labute approximate surface area is 176 Å². The Morgan fingerprint density at radius 3 is 2.45 bits per heavy atom. The highest BCUT2D eigenvalue weighted by atomic mass is 35.5. The number of methoxy groups -OCH3 is 1. The Morgan fingerprint density at radius 1 is 1.07 bits per heavy atom. The molecule has 0 saturated heterocycles. The number of hydrogen-bond donors (Lipinski definition) is 1. The number of rotatable bonds is 4. The Balaban J connectivity index is 0.00000117. The van der Waals surface area contributed by atoms with E-state index in [4.69, 9.17) is 16.3 Å². The van der Waals surface area contributed by atoms with Gasteiger partial charge in [0.2, 0.25) is 0 Å². The number of carbonyl (C=O) groups is 1. The quantitative estimate of drug-likeness (QED) is 0.560. The summed E-state index contributed by atoms with van der Waals surface area (Å²) in [5, 5.41) is 3.19. The predicted molar refractivity (Wildman–Crippen MR) is 119 cm³/mol. The van der Waals surface area contributed by atoms with Crippen molar-refractivity contribution in [2.75, 3.05) is 12.4 Å². The van der Waals surface area contributed by atoms with Gasteiger partial charge in [0.05, 0.1) is 17.7 Å². The third-order valence-corrected chi connectivity index (χ3v) is 5.18. The maximum absolute atomic E-state index is 12.4. The number of fused-ring (bicyclic) bond motifs is 1. The van der Waals surface area contributed by atoms with Gasteiger partial charge in [0.25, 0.3) is 5.91 Å². The fraction of sp³-hybridized carbons (Fsp3) is 0.250. The number of carbonyl (C=O) groups excluding carboxylic acids is 1. The van der Waals surface area contributed by atoms with E-state index in [0.717, 1.165) is 29.7 Å². The summed E-state index contributed by atoms with van der Waals surface area (Å²) >= 11 is 6.08. The number of aryl methyl sites for hydroxylation is 2. The van der Waals surface area contributed by atoms with Crippen LogP contribution in [0.2, 0.25) is 5.02 Å². The molecule has 0 radical (unpaired) electrons. The highest BCUT2D eigenvalue weighted by molar-refractivity contribution is 6.34. The molecule has 1 amide bonds. The van der Waals surface area contributed by atoms with Crippen molar-refractivity contribution in [3.05, 3.63) is 76.4 Å². The fourth-order valence-electron chi connectivity index (χ4n) is 3.45. The highest BCUT2D eigenvalue weighted by Gasteiger charge is 2.17. The minimum absolute atomic E-state index is 0.282. The average molecular weight is 409 g/mol. The number of halogens is 1. The molecule has 150 valence electrons. The first-order chi connectivity index (χ1) is 14.2. The van der Waals surface area contributed by atoms with E-state index in [1.54, 1.807) is 43.6 Å². The van der Waals surface area contributed by atoms with E-state index in [1.165, 1.54) is 17.5 Å². The summed E-state index contributed by atoms with van der Waals surface area (Å²) < 4.78 is 5.58. The normalized spacial score (nSPS) is 11.9. The van der Waals surface area contributed by atoms with Gasteiger partial charge in [-0.3, -0.25) is 4.79 Å². The first-order valence-electron chi connectivity index (χ1n) is 9.88. The smallest absolute Gasteiger partial charge is 0.258 e. The number of aromatic nitrogens is 1. The van der Waals surface area contributed by atoms with Gasteiger partial charge in [-0.1, -0.05) is 37.6 Å². The maximum Gasteiger partial charge on any atom is 0.258 e. The van der Waals surface area contributed by atoms with Crippen LogP contribution in [0.1, 0.15) is 41.8 Å². The molecule has 0 unspecified atom stereocenters. The molecule has 1 aliphatic carbocycles. The van der Waals surface area contributed by atoms with Crippen molar-refractivity contribution in [3.8, 4) is 16.9 Å². The molecule has 1 aliphatic rings. The van der Waals surface area contributed by atoms with Gasteiger partial charge in [-0.2, -0.15) is 0 Å². The number of hydrogen-bond acceptors (Lipinski definition) is 3. The summed E-state index contributed by atoms with van der Waals surface area (Å²) in [6.45, 7) is 4.00. The van der Waals surface area contributed by atoms with Crippen LogP contribution in [0, 0.1) is 0 Å². The van der Waals surface area contributed by atoms with Gasteiger partial charge in [-0.15, -0.1) is 0 Å². The topological polar surface area (TPSA) is 51.2 Å². The molecule has 1 aromatic heterocycles. The van der Waals surface area contributed by atoms with Crippen LogP contribution in [-0.4, -0.2) is 18.0 Å². The van der Waals surface area contributed by atoms with Gasteiger partial charge < -0.3 is 10.1 Å². The number of nitrogens with zero attached hydrogens (tertiary/aromatic N) is 1. The van der Waals surface area contributed by atoms with Crippen LogP contribution < -0.4 is 10.1 Å². The van der Waals surface area contributed by atoms with Crippen molar-refractivity contribution in [1.29, 1.82) is 0 Å². The second-order valence-electron chi connectivity index (χ2n) is 6.54. The molecule has 4 rings (SSSR count). The molecule has 0 fully saturated rings. The molecule has 29 heavy (non-hydrogen) atoms. The van der Waals surface area contributed by atoms with Crippen LogP contribution in [0.5, 0.6) is 5.75 Å². The number of anilines is 1. The van der Waals surface area contributed by atoms with E-state index in [-0.39, 0.29) is 5.91 Å². The van der Waals surface area contributed by atoms with Gasteiger partial charge >= 0.3 is 0 Å². The van der Waals surface area contributed by atoms with Crippen LogP contribution in [0.25, 0.3) is 11.1 Å². The minimum Gasteiger partial charge on any atom is -0.496 e. The summed E-state index contributed by atoms with van der Waals surface area (Å²) in [7, 11) is 1.69. The summed E-state index contributed by atoms with van der Waals surface area (Å²) in [5.74, 6) is 1.05. The molecule has 2 aromatic carbocycles. The summed E-state index contributed by atoms with van der Waals surface area (Å²) in [5.41, 5.74) is 5.14. The lowest BCUT2D eigenvalue weighted by molar-refractivity contribution is 0.102. The molecule has 0 spiro atoms. The Bertz CT molecular complexity index is 1000. The third-order valence-electron chi connectivity index (χ3n) is 4.85. The van der Waals surface area contributed by atoms with Crippen molar-refractivity contribution in [1.82, 2.24) is 4.98 Å². The summed E-state index contributed by atoms with van der Waals surface area (Å²) in [6, 6.07) is 15.0. The first kappa shape index (κ1) is 20.9. The van der Waals surface area contributed by atoms with E-state index in [0.29, 0.717) is 16.4 Å². The van der Waals surface area contributed by atoms with Crippen molar-refractivity contribution >= 4 is 23.3 Å². The average Bonchev–Trinajstić information content (AvgIpc) is 3.22. The van der Waals surface area contributed by atoms with E-state index < -0.39 is 0 Å². The zero-order valence-electron chi connectivity index (χ0n) is 17.0. The van der Waals surface area contributed by atoms with Crippen molar-refractivity contribution in [2.45, 2.75) is 33.1 Å². The molecule has 1 N–H and O–H groups in total. The minimum atomic E-state index is -0.282. The van der Waals surface area contributed by atoms with E-state index >= 15 is 0 Å². The third kappa shape index (κ3) is 4.60. The van der Waals surface area contributed by atoms with Gasteiger partial charge in [-0.05, 0) is 66.8 Å². The SMILES string of the molecule is CC.COc1cc2c(cc1-c1ccc(NC(=O)c3ccccc3Cl)nc1)CCC2. The first-order valence-corrected chi connectivity index (χ1v) is 10.3. The van der Waals surface area contributed by atoms with Crippen LogP contribution in [0.15, 0.2) is 54.7 Å². The molecule has 0 saturated carbocycles. The lowest BCUT2D eigenvalue weighted by Gasteiger charge is -2.12. The van der Waals surface area contributed by atoms with Gasteiger partial charge in [0.15, 0.2) is 0 Å².